The van der Waals surface area contributed by atoms with Crippen LogP contribution >= 0.6 is 11.3 Å². The van der Waals surface area contributed by atoms with Gasteiger partial charge in [-0.1, -0.05) is 5.16 Å². The molecule has 0 radical (unpaired) electrons. The van der Waals surface area contributed by atoms with Crippen molar-refractivity contribution < 1.29 is 27.9 Å². The van der Waals surface area contributed by atoms with Gasteiger partial charge in [-0.2, -0.15) is 13.2 Å². The van der Waals surface area contributed by atoms with Crippen LogP contribution in [0.2, 0.25) is 0 Å². The number of thiazole rings is 1. The van der Waals surface area contributed by atoms with E-state index in [2.05, 4.69) is 14.7 Å². The Morgan fingerprint density at radius 3 is 2.52 bits per heavy atom. The number of aromatic hydroxyl groups is 2. The third kappa shape index (κ3) is 2.74. The molecule has 0 amide bonds. The van der Waals surface area contributed by atoms with E-state index in [4.69, 9.17) is 0 Å². The predicted molar refractivity (Wildman–Crippen MR) is 76.1 cm³/mol. The monoisotopic (exact) mass is 342 g/mol. The lowest BCUT2D eigenvalue weighted by Crippen LogP contribution is -2.05. The van der Waals surface area contributed by atoms with Crippen LogP contribution in [-0.2, 0) is 6.18 Å². The standard InChI is InChI=1S/C14H9F3N2O3S/c1-6-18-9(5-23-6)11-12(19-22-13(11)14(15,16)17)8-3-2-7(20)4-10(8)21/h2-5,20-21H,1H3. The van der Waals surface area contributed by atoms with E-state index in [0.29, 0.717) is 5.01 Å². The summed E-state index contributed by atoms with van der Waals surface area (Å²) in [5.41, 5.74) is -0.478. The summed E-state index contributed by atoms with van der Waals surface area (Å²) in [5, 5.41) is 24.7. The van der Waals surface area contributed by atoms with Crippen LogP contribution in [0.3, 0.4) is 0 Å². The second-order valence-electron chi connectivity index (χ2n) is 4.69. The molecule has 2 N–H and O–H groups in total. The van der Waals surface area contributed by atoms with E-state index in [1.807, 2.05) is 0 Å². The van der Waals surface area contributed by atoms with Gasteiger partial charge in [-0.3, -0.25) is 0 Å². The highest BCUT2D eigenvalue weighted by Crippen LogP contribution is 2.44. The molecule has 0 unspecified atom stereocenters. The summed E-state index contributed by atoms with van der Waals surface area (Å²) in [6.07, 6.45) is -4.76. The first-order valence-electron chi connectivity index (χ1n) is 6.29. The van der Waals surface area contributed by atoms with Crippen molar-refractivity contribution in [3.8, 4) is 34.0 Å². The van der Waals surface area contributed by atoms with Crippen LogP contribution in [0.5, 0.6) is 11.5 Å². The second-order valence-corrected chi connectivity index (χ2v) is 5.75. The van der Waals surface area contributed by atoms with Crippen molar-refractivity contribution in [3.05, 3.63) is 34.3 Å². The third-order valence-electron chi connectivity index (χ3n) is 3.06. The number of rotatable bonds is 2. The van der Waals surface area contributed by atoms with Gasteiger partial charge in [-0.05, 0) is 19.1 Å². The van der Waals surface area contributed by atoms with E-state index in [0.717, 1.165) is 6.07 Å². The number of halogens is 3. The van der Waals surface area contributed by atoms with Crippen molar-refractivity contribution >= 4 is 11.3 Å². The Morgan fingerprint density at radius 2 is 1.96 bits per heavy atom. The summed E-state index contributed by atoms with van der Waals surface area (Å²) in [4.78, 5) is 4.05. The van der Waals surface area contributed by atoms with Crippen molar-refractivity contribution in [2.45, 2.75) is 13.1 Å². The lowest BCUT2D eigenvalue weighted by Gasteiger charge is -2.06. The Hall–Kier alpha value is -2.55. The molecule has 2 heterocycles. The first-order valence-corrected chi connectivity index (χ1v) is 7.17. The summed E-state index contributed by atoms with van der Waals surface area (Å²) in [5.74, 6) is -1.93. The first-order chi connectivity index (χ1) is 10.8. The SMILES string of the molecule is Cc1nc(-c2c(-c3ccc(O)cc3O)noc2C(F)(F)F)cs1. The fourth-order valence-electron chi connectivity index (χ4n) is 2.10. The van der Waals surface area contributed by atoms with Crippen molar-refractivity contribution in [1.29, 1.82) is 0 Å². The molecule has 23 heavy (non-hydrogen) atoms. The van der Waals surface area contributed by atoms with E-state index < -0.39 is 17.7 Å². The van der Waals surface area contributed by atoms with Crippen LogP contribution in [0.1, 0.15) is 10.8 Å². The Morgan fingerprint density at radius 1 is 1.22 bits per heavy atom. The smallest absolute Gasteiger partial charge is 0.453 e. The fraction of sp³-hybridized carbons (Fsp3) is 0.143. The normalized spacial score (nSPS) is 11.8. The summed E-state index contributed by atoms with van der Waals surface area (Å²) < 4.78 is 44.0. The van der Waals surface area contributed by atoms with Crippen LogP contribution in [0, 0.1) is 6.92 Å². The van der Waals surface area contributed by atoms with Crippen LogP contribution in [-0.4, -0.2) is 20.4 Å². The summed E-state index contributed by atoms with van der Waals surface area (Å²) in [6, 6.07) is 3.49. The van der Waals surface area contributed by atoms with E-state index in [1.165, 1.54) is 28.8 Å². The minimum absolute atomic E-state index is 0.00250. The van der Waals surface area contributed by atoms with E-state index >= 15 is 0 Å². The highest BCUT2D eigenvalue weighted by atomic mass is 32.1. The highest BCUT2D eigenvalue weighted by molar-refractivity contribution is 7.09. The van der Waals surface area contributed by atoms with Crippen LogP contribution in [0.15, 0.2) is 28.1 Å². The van der Waals surface area contributed by atoms with Crippen molar-refractivity contribution in [2.75, 3.05) is 0 Å². The van der Waals surface area contributed by atoms with Gasteiger partial charge in [0.2, 0.25) is 5.76 Å². The van der Waals surface area contributed by atoms with Gasteiger partial charge in [0.15, 0.2) is 0 Å². The molecule has 0 atom stereocenters. The minimum atomic E-state index is -4.76. The molecule has 5 nitrogen and oxygen atoms in total. The number of hydrogen-bond donors (Lipinski definition) is 2. The lowest BCUT2D eigenvalue weighted by molar-refractivity contribution is -0.154. The zero-order chi connectivity index (χ0) is 16.8. The number of phenolic OH excluding ortho intramolecular Hbond substituents is 2. The third-order valence-corrected chi connectivity index (χ3v) is 3.83. The van der Waals surface area contributed by atoms with Crippen molar-refractivity contribution in [2.24, 2.45) is 0 Å². The molecule has 0 aliphatic rings. The Labute approximate surface area is 131 Å². The maximum Gasteiger partial charge on any atom is 0.453 e. The highest BCUT2D eigenvalue weighted by Gasteiger charge is 2.42. The molecular weight excluding hydrogens is 333 g/mol. The molecule has 0 aliphatic carbocycles. The van der Waals surface area contributed by atoms with Gasteiger partial charge in [0, 0.05) is 17.0 Å². The molecule has 0 saturated heterocycles. The molecule has 0 aliphatic heterocycles. The Bertz CT molecular complexity index is 871. The van der Waals surface area contributed by atoms with Crippen LogP contribution in [0.4, 0.5) is 13.2 Å². The van der Waals surface area contributed by atoms with Crippen molar-refractivity contribution in [3.63, 3.8) is 0 Å². The van der Waals surface area contributed by atoms with Gasteiger partial charge in [0.05, 0.1) is 16.3 Å². The average Bonchev–Trinajstić information content (AvgIpc) is 3.04. The first kappa shape index (κ1) is 15.3. The van der Waals surface area contributed by atoms with E-state index in [9.17, 15) is 23.4 Å². The molecule has 120 valence electrons. The number of benzene rings is 1. The molecule has 3 rings (SSSR count). The largest absolute Gasteiger partial charge is 0.508 e. The Kier molecular flexibility index (Phi) is 3.52. The quantitative estimate of drug-likeness (QED) is 0.729. The number of nitrogens with zero attached hydrogens (tertiary/aromatic N) is 2. The number of hydrogen-bond acceptors (Lipinski definition) is 6. The molecule has 0 spiro atoms. The van der Waals surface area contributed by atoms with E-state index in [1.54, 1.807) is 6.92 Å². The van der Waals surface area contributed by atoms with Gasteiger partial charge in [0.25, 0.3) is 0 Å². The predicted octanol–water partition coefficient (Wildman–Crippen LogP) is 4.20. The molecular formula is C14H9F3N2O3S. The van der Waals surface area contributed by atoms with Gasteiger partial charge in [-0.15, -0.1) is 11.3 Å². The molecule has 9 heteroatoms. The second kappa shape index (κ2) is 5.27. The lowest BCUT2D eigenvalue weighted by atomic mass is 10.0. The number of phenols is 2. The zero-order valence-electron chi connectivity index (χ0n) is 11.5. The maximum atomic E-state index is 13.2. The fourth-order valence-corrected chi connectivity index (χ4v) is 2.71. The summed E-state index contributed by atoms with van der Waals surface area (Å²) >= 11 is 1.18. The molecule has 0 fully saturated rings. The topological polar surface area (TPSA) is 79.4 Å². The van der Waals surface area contributed by atoms with Gasteiger partial charge >= 0.3 is 6.18 Å². The van der Waals surface area contributed by atoms with Crippen LogP contribution in [0.25, 0.3) is 22.5 Å². The van der Waals surface area contributed by atoms with Gasteiger partial charge in [-0.25, -0.2) is 4.98 Å². The maximum absolute atomic E-state index is 13.2. The van der Waals surface area contributed by atoms with Crippen molar-refractivity contribution in [1.82, 2.24) is 10.1 Å². The zero-order valence-corrected chi connectivity index (χ0v) is 12.4. The molecule has 0 saturated carbocycles. The molecule has 3 aromatic rings. The molecule has 2 aromatic heterocycles. The number of aromatic nitrogens is 2. The molecule has 0 bridgehead atoms. The average molecular weight is 342 g/mol. The molecule has 1 aromatic carbocycles. The Balaban J connectivity index is 2.28. The van der Waals surface area contributed by atoms with Gasteiger partial charge < -0.3 is 14.7 Å². The minimum Gasteiger partial charge on any atom is -0.508 e. The summed E-state index contributed by atoms with van der Waals surface area (Å²) in [6.45, 7) is 1.66. The summed E-state index contributed by atoms with van der Waals surface area (Å²) in [7, 11) is 0. The van der Waals surface area contributed by atoms with Gasteiger partial charge in [0.1, 0.15) is 17.2 Å². The van der Waals surface area contributed by atoms with E-state index in [-0.39, 0.29) is 28.3 Å². The number of alkyl halides is 3. The van der Waals surface area contributed by atoms with Crippen LogP contribution < -0.4 is 0 Å². The number of aryl methyl sites for hydroxylation is 1.